The molecule has 0 heterocycles. The minimum atomic E-state index is -0.216. The molecule has 0 bridgehead atoms. The summed E-state index contributed by atoms with van der Waals surface area (Å²) in [6.45, 7) is 8.74. The Balaban J connectivity index is 1.90. The first-order valence-electron chi connectivity index (χ1n) is 10.4. The van der Waals surface area contributed by atoms with E-state index in [0.29, 0.717) is 30.5 Å². The number of nitrogens with one attached hydrogen (secondary N) is 2. The van der Waals surface area contributed by atoms with E-state index in [4.69, 9.17) is 14.2 Å². The van der Waals surface area contributed by atoms with E-state index in [-0.39, 0.29) is 25.0 Å². The topological polar surface area (TPSA) is 85.9 Å². The molecule has 0 aliphatic heterocycles. The van der Waals surface area contributed by atoms with Gasteiger partial charge in [-0.1, -0.05) is 32.0 Å². The quantitative estimate of drug-likeness (QED) is 0.573. The van der Waals surface area contributed by atoms with Crippen molar-refractivity contribution in [2.45, 2.75) is 40.2 Å². The van der Waals surface area contributed by atoms with E-state index in [0.717, 1.165) is 22.4 Å². The lowest BCUT2D eigenvalue weighted by atomic mass is 10.0. The highest BCUT2D eigenvalue weighted by Crippen LogP contribution is 2.28. The van der Waals surface area contributed by atoms with Crippen LogP contribution in [-0.4, -0.2) is 38.7 Å². The van der Waals surface area contributed by atoms with Crippen molar-refractivity contribution < 1.29 is 23.8 Å². The molecular weight excluding hydrogens is 396 g/mol. The van der Waals surface area contributed by atoms with E-state index in [9.17, 15) is 9.59 Å². The second-order valence-corrected chi connectivity index (χ2v) is 7.49. The van der Waals surface area contributed by atoms with Crippen molar-refractivity contribution in [3.63, 3.8) is 0 Å². The maximum Gasteiger partial charge on any atom is 0.258 e. The van der Waals surface area contributed by atoms with Gasteiger partial charge in [0.25, 0.3) is 11.8 Å². The molecule has 0 aromatic heterocycles. The fourth-order valence-electron chi connectivity index (χ4n) is 2.97. The molecule has 0 saturated heterocycles. The van der Waals surface area contributed by atoms with E-state index < -0.39 is 0 Å². The molecule has 0 aliphatic rings. The summed E-state index contributed by atoms with van der Waals surface area (Å²) in [5, 5.41) is 5.52. The fraction of sp³-hybridized carbons (Fsp3) is 0.417. The van der Waals surface area contributed by atoms with Gasteiger partial charge >= 0.3 is 0 Å². The minimum Gasteiger partial charge on any atom is -0.493 e. The third-order valence-corrected chi connectivity index (χ3v) is 4.60. The molecule has 168 valence electrons. The van der Waals surface area contributed by atoms with Crippen LogP contribution in [0, 0.1) is 6.92 Å². The molecule has 2 rings (SSSR count). The zero-order chi connectivity index (χ0) is 22.8. The summed E-state index contributed by atoms with van der Waals surface area (Å²) in [6.07, 6.45) is 0. The Kier molecular flexibility index (Phi) is 9.18. The summed E-state index contributed by atoms with van der Waals surface area (Å²) in [6, 6.07) is 11.3. The molecule has 0 fully saturated rings. The van der Waals surface area contributed by atoms with Gasteiger partial charge in [-0.15, -0.1) is 0 Å². The highest BCUT2D eigenvalue weighted by atomic mass is 16.5. The van der Waals surface area contributed by atoms with Gasteiger partial charge in [0.05, 0.1) is 7.11 Å². The first kappa shape index (κ1) is 24.1. The first-order valence-corrected chi connectivity index (χ1v) is 10.4. The predicted octanol–water partition coefficient (Wildman–Crippen LogP) is 3.34. The van der Waals surface area contributed by atoms with Gasteiger partial charge in [0, 0.05) is 13.1 Å². The van der Waals surface area contributed by atoms with Gasteiger partial charge in [-0.25, -0.2) is 0 Å². The average Bonchev–Trinajstić information content (AvgIpc) is 2.75. The normalized spacial score (nSPS) is 10.5. The van der Waals surface area contributed by atoms with Crippen molar-refractivity contribution in [3.05, 3.63) is 53.1 Å². The molecule has 7 nitrogen and oxygen atoms in total. The Morgan fingerprint density at radius 2 is 1.58 bits per heavy atom. The molecule has 0 saturated carbocycles. The molecule has 0 spiro atoms. The van der Waals surface area contributed by atoms with Crippen LogP contribution in [0.25, 0.3) is 0 Å². The van der Waals surface area contributed by atoms with E-state index in [1.165, 1.54) is 7.11 Å². The monoisotopic (exact) mass is 428 g/mol. The summed E-state index contributed by atoms with van der Waals surface area (Å²) < 4.78 is 16.6. The van der Waals surface area contributed by atoms with Gasteiger partial charge < -0.3 is 24.8 Å². The Morgan fingerprint density at radius 3 is 2.23 bits per heavy atom. The second-order valence-electron chi connectivity index (χ2n) is 7.49. The van der Waals surface area contributed by atoms with Crippen LogP contribution in [0.3, 0.4) is 0 Å². The molecule has 2 aromatic rings. The minimum absolute atomic E-state index is 0.0615. The number of likely N-dealkylation sites (N-methyl/N-ethyl adjacent to an activating group) is 1. The van der Waals surface area contributed by atoms with Crippen LogP contribution in [0.5, 0.6) is 17.2 Å². The predicted molar refractivity (Wildman–Crippen MR) is 120 cm³/mol. The molecule has 0 radical (unpaired) electrons. The summed E-state index contributed by atoms with van der Waals surface area (Å²) in [5.41, 5.74) is 3.00. The zero-order valence-electron chi connectivity index (χ0n) is 18.9. The molecule has 7 heteroatoms. The second kappa shape index (κ2) is 11.8. The average molecular weight is 429 g/mol. The third kappa shape index (κ3) is 7.51. The van der Waals surface area contributed by atoms with Crippen LogP contribution in [0.15, 0.2) is 36.4 Å². The van der Waals surface area contributed by atoms with Gasteiger partial charge in [0.1, 0.15) is 5.75 Å². The summed E-state index contributed by atoms with van der Waals surface area (Å²) in [7, 11) is 1.53. The Labute approximate surface area is 184 Å². The van der Waals surface area contributed by atoms with Crippen molar-refractivity contribution in [2.75, 3.05) is 26.9 Å². The number of rotatable bonds is 11. The largest absolute Gasteiger partial charge is 0.493 e. The Bertz CT molecular complexity index is 896. The fourth-order valence-corrected chi connectivity index (χ4v) is 2.97. The highest BCUT2D eigenvalue weighted by Gasteiger charge is 2.12. The van der Waals surface area contributed by atoms with Crippen LogP contribution in [0.4, 0.5) is 0 Å². The van der Waals surface area contributed by atoms with Crippen molar-refractivity contribution in [3.8, 4) is 17.2 Å². The Morgan fingerprint density at radius 1 is 0.903 bits per heavy atom. The molecule has 2 aromatic carbocycles. The van der Waals surface area contributed by atoms with E-state index in [2.05, 4.69) is 24.5 Å². The number of hydrogen-bond acceptors (Lipinski definition) is 5. The van der Waals surface area contributed by atoms with Crippen molar-refractivity contribution in [1.82, 2.24) is 10.6 Å². The Hall–Kier alpha value is -3.22. The van der Waals surface area contributed by atoms with Gasteiger partial charge in [0.2, 0.25) is 0 Å². The van der Waals surface area contributed by atoms with Crippen molar-refractivity contribution in [2.24, 2.45) is 0 Å². The smallest absolute Gasteiger partial charge is 0.258 e. The van der Waals surface area contributed by atoms with Gasteiger partial charge in [-0.3, -0.25) is 9.59 Å². The van der Waals surface area contributed by atoms with E-state index in [1.807, 2.05) is 38.1 Å². The number of ether oxygens (including phenoxy) is 3. The maximum absolute atomic E-state index is 12.3. The van der Waals surface area contributed by atoms with Gasteiger partial charge in [-0.2, -0.15) is 0 Å². The van der Waals surface area contributed by atoms with E-state index in [1.54, 1.807) is 12.1 Å². The molecule has 0 atom stereocenters. The molecule has 2 amide bonds. The lowest BCUT2D eigenvalue weighted by Gasteiger charge is -2.15. The lowest BCUT2D eigenvalue weighted by Crippen LogP contribution is -2.29. The SMILES string of the molecule is CCNC(=O)COc1ccc(CNC(=O)COc2cc(C)ccc2C(C)C)cc1OC. The number of carbonyl (C=O) groups is 2. The van der Waals surface area contributed by atoms with Crippen molar-refractivity contribution in [1.29, 1.82) is 0 Å². The number of aryl methyl sites for hydroxylation is 1. The molecule has 31 heavy (non-hydrogen) atoms. The van der Waals surface area contributed by atoms with Gasteiger partial charge in [0.15, 0.2) is 24.7 Å². The molecule has 0 aliphatic carbocycles. The number of carbonyl (C=O) groups excluding carboxylic acids is 2. The molecular formula is C24H32N2O5. The molecule has 2 N–H and O–H groups in total. The van der Waals surface area contributed by atoms with Crippen LogP contribution < -0.4 is 24.8 Å². The third-order valence-electron chi connectivity index (χ3n) is 4.60. The lowest BCUT2D eigenvalue weighted by molar-refractivity contribution is -0.123. The zero-order valence-corrected chi connectivity index (χ0v) is 18.9. The molecule has 0 unspecified atom stereocenters. The highest BCUT2D eigenvalue weighted by molar-refractivity contribution is 5.78. The summed E-state index contributed by atoms with van der Waals surface area (Å²) in [4.78, 5) is 23.8. The first-order chi connectivity index (χ1) is 14.8. The van der Waals surface area contributed by atoms with Crippen LogP contribution >= 0.6 is 0 Å². The standard InChI is InChI=1S/C24H32N2O5/c1-6-25-23(27)14-30-20-10-8-18(12-22(20)29-5)13-26-24(28)15-31-21-11-17(4)7-9-19(21)16(2)3/h7-12,16H,6,13-15H2,1-5H3,(H,25,27)(H,26,28). The summed E-state index contributed by atoms with van der Waals surface area (Å²) in [5.74, 6) is 1.59. The van der Waals surface area contributed by atoms with Crippen LogP contribution in [0.1, 0.15) is 43.4 Å². The summed E-state index contributed by atoms with van der Waals surface area (Å²) >= 11 is 0. The number of amides is 2. The maximum atomic E-state index is 12.3. The number of hydrogen-bond donors (Lipinski definition) is 2. The van der Waals surface area contributed by atoms with Crippen LogP contribution in [0.2, 0.25) is 0 Å². The number of benzene rings is 2. The number of methoxy groups -OCH3 is 1. The van der Waals surface area contributed by atoms with Crippen molar-refractivity contribution >= 4 is 11.8 Å². The van der Waals surface area contributed by atoms with Crippen LogP contribution in [-0.2, 0) is 16.1 Å². The van der Waals surface area contributed by atoms with E-state index >= 15 is 0 Å². The van der Waals surface area contributed by atoms with Gasteiger partial charge in [-0.05, 0) is 54.7 Å².